The molecule has 0 heterocycles. The molecule has 0 aliphatic rings. The molecule has 1 atom stereocenters. The first-order chi connectivity index (χ1) is 9.66. The highest BCUT2D eigenvalue weighted by Gasteiger charge is 2.06. The van der Waals surface area contributed by atoms with Crippen LogP contribution in [0.25, 0.3) is 0 Å². The Hall–Kier alpha value is -0.570. The van der Waals surface area contributed by atoms with Crippen LogP contribution in [0.4, 0.5) is 0 Å². The van der Waals surface area contributed by atoms with Gasteiger partial charge in [-0.15, -0.1) is 0 Å². The summed E-state index contributed by atoms with van der Waals surface area (Å²) in [6.45, 7) is 2.37. The average molecular weight is 288 g/mol. The normalized spacial score (nSPS) is 12.5. The molecule has 1 unspecified atom stereocenters. The van der Waals surface area contributed by atoms with E-state index in [-0.39, 0.29) is 0 Å². The lowest BCUT2D eigenvalue weighted by molar-refractivity contribution is -0.138. The molecule has 3 nitrogen and oxygen atoms in total. The maximum absolute atomic E-state index is 10.5. The first-order valence-corrected chi connectivity index (χ1v) is 8.49. The van der Waals surface area contributed by atoms with Crippen LogP contribution in [0.15, 0.2) is 0 Å². The predicted octanol–water partition coefficient (Wildman–Crippen LogP) is 4.77. The fourth-order valence-corrected chi connectivity index (χ4v) is 2.60. The smallest absolute Gasteiger partial charge is 0.303 e. The molecule has 0 bridgehead atoms. The molecule has 3 heteroatoms. The van der Waals surface area contributed by atoms with Gasteiger partial charge in [-0.05, 0) is 12.3 Å². The lowest BCUT2D eigenvalue weighted by Crippen LogP contribution is -2.03. The molecule has 0 aromatic heterocycles. The van der Waals surface area contributed by atoms with Gasteiger partial charge in [-0.1, -0.05) is 77.6 Å². The molecular formula is C17H34O3. The second-order valence-corrected chi connectivity index (χ2v) is 6.10. The monoisotopic (exact) mass is 288 g/mol. The molecule has 2 N–H and O–H groups in total. The van der Waals surface area contributed by atoms with Gasteiger partial charge >= 0.3 is 5.97 Å². The highest BCUT2D eigenvalue weighted by Crippen LogP contribution is 2.15. The summed E-state index contributed by atoms with van der Waals surface area (Å²) in [6.07, 6.45) is 15.1. The molecule has 0 rings (SSSR count). The number of rotatable bonds is 15. The van der Waals surface area contributed by atoms with Crippen molar-refractivity contribution in [3.05, 3.63) is 0 Å². The molecule has 0 spiro atoms. The number of carbonyl (C=O) groups is 1. The van der Waals surface area contributed by atoms with Crippen molar-refractivity contribution in [3.8, 4) is 0 Å². The van der Waals surface area contributed by atoms with E-state index < -0.39 is 5.97 Å². The second-order valence-electron chi connectivity index (χ2n) is 6.10. The molecule has 0 saturated carbocycles. The maximum atomic E-state index is 10.5. The van der Waals surface area contributed by atoms with E-state index in [0.717, 1.165) is 12.8 Å². The fraction of sp³-hybridized carbons (Fsp3) is 0.941. The van der Waals surface area contributed by atoms with Gasteiger partial charge < -0.3 is 10.2 Å². The minimum atomic E-state index is -0.670. The van der Waals surface area contributed by atoms with Gasteiger partial charge in [0.2, 0.25) is 0 Å². The Morgan fingerprint density at radius 2 is 1.20 bits per heavy atom. The van der Waals surface area contributed by atoms with Gasteiger partial charge in [-0.3, -0.25) is 4.79 Å². The Morgan fingerprint density at radius 1 is 0.800 bits per heavy atom. The minimum absolute atomic E-state index is 0.316. The lowest BCUT2D eigenvalue weighted by atomic mass is 10.0. The Balaban J connectivity index is 3.08. The van der Waals surface area contributed by atoms with E-state index >= 15 is 0 Å². The quantitative estimate of drug-likeness (QED) is 0.427. The van der Waals surface area contributed by atoms with Crippen LogP contribution in [0.1, 0.15) is 90.4 Å². The first-order valence-electron chi connectivity index (χ1n) is 8.49. The number of unbranched alkanes of at least 4 members (excludes halogenated alkanes) is 10. The Labute approximate surface area is 124 Å². The maximum Gasteiger partial charge on any atom is 0.303 e. The molecule has 0 amide bonds. The number of hydrogen-bond donors (Lipinski definition) is 2. The van der Waals surface area contributed by atoms with Crippen molar-refractivity contribution in [2.45, 2.75) is 90.4 Å². The third kappa shape index (κ3) is 15.5. The van der Waals surface area contributed by atoms with E-state index in [1.54, 1.807) is 0 Å². The summed E-state index contributed by atoms with van der Waals surface area (Å²) < 4.78 is 0. The molecule has 0 saturated heterocycles. The highest BCUT2D eigenvalue weighted by atomic mass is 16.6. The minimum Gasteiger partial charge on any atom is -0.481 e. The molecule has 0 fully saturated rings. The summed E-state index contributed by atoms with van der Waals surface area (Å²) in [6, 6.07) is 0. The topological polar surface area (TPSA) is 57.5 Å². The largest absolute Gasteiger partial charge is 0.481 e. The Bertz CT molecular complexity index is 216. The molecular weight excluding hydrogens is 254 g/mol. The van der Waals surface area contributed by atoms with Gasteiger partial charge in [0, 0.05) is 13.0 Å². The molecule has 0 aromatic rings. The summed E-state index contributed by atoms with van der Waals surface area (Å²) in [5.41, 5.74) is 0. The van der Waals surface area contributed by atoms with Crippen molar-refractivity contribution in [2.75, 3.05) is 6.61 Å². The zero-order chi connectivity index (χ0) is 15.1. The van der Waals surface area contributed by atoms with Crippen molar-refractivity contribution in [2.24, 2.45) is 5.92 Å². The Kier molecular flexibility index (Phi) is 14.4. The van der Waals surface area contributed by atoms with Crippen molar-refractivity contribution in [1.29, 1.82) is 0 Å². The fourth-order valence-electron chi connectivity index (χ4n) is 2.60. The standard InChI is InChI=1S/C17H34O3/c1-16(15-17(19)20)13-11-9-7-5-3-2-4-6-8-10-12-14-18/h16,18H,2-15H2,1H3,(H,19,20)/i17+2. The predicted molar refractivity (Wildman–Crippen MR) is 83.9 cm³/mol. The first kappa shape index (κ1) is 19.4. The van der Waals surface area contributed by atoms with E-state index in [1.807, 2.05) is 6.92 Å². The van der Waals surface area contributed by atoms with Crippen LogP contribution in [0.3, 0.4) is 0 Å². The molecule has 0 aromatic carbocycles. The van der Waals surface area contributed by atoms with Crippen LogP contribution >= 0.6 is 0 Å². The van der Waals surface area contributed by atoms with E-state index in [0.29, 0.717) is 18.9 Å². The van der Waals surface area contributed by atoms with Crippen molar-refractivity contribution in [1.82, 2.24) is 0 Å². The third-order valence-corrected chi connectivity index (χ3v) is 3.88. The van der Waals surface area contributed by atoms with Crippen LogP contribution in [0.2, 0.25) is 0 Å². The molecule has 0 aliphatic carbocycles. The van der Waals surface area contributed by atoms with Gasteiger partial charge in [0.25, 0.3) is 0 Å². The van der Waals surface area contributed by atoms with Crippen molar-refractivity contribution in [3.63, 3.8) is 0 Å². The van der Waals surface area contributed by atoms with Crippen LogP contribution in [-0.4, -0.2) is 22.8 Å². The summed E-state index contributed by atoms with van der Waals surface area (Å²) in [7, 11) is 0. The van der Waals surface area contributed by atoms with E-state index in [9.17, 15) is 4.79 Å². The molecule has 0 radical (unpaired) electrons. The number of aliphatic carboxylic acids is 1. The SMILES string of the molecule is CC(CCCCCCCCCCCCCO)C[14C](=O)O. The van der Waals surface area contributed by atoms with Gasteiger partial charge in [0.15, 0.2) is 0 Å². The van der Waals surface area contributed by atoms with Crippen molar-refractivity contribution >= 4 is 5.97 Å². The Morgan fingerprint density at radius 3 is 1.60 bits per heavy atom. The van der Waals surface area contributed by atoms with Gasteiger partial charge in [0.05, 0.1) is 0 Å². The van der Waals surface area contributed by atoms with Crippen LogP contribution in [0, 0.1) is 5.92 Å². The zero-order valence-electron chi connectivity index (χ0n) is 13.3. The number of aliphatic hydroxyl groups excluding tert-OH is 1. The number of carboxylic acids is 1. The number of carboxylic acid groups (broad SMARTS) is 1. The van der Waals surface area contributed by atoms with E-state index in [1.165, 1.54) is 64.2 Å². The van der Waals surface area contributed by atoms with Crippen LogP contribution in [0.5, 0.6) is 0 Å². The van der Waals surface area contributed by atoms with Gasteiger partial charge in [-0.2, -0.15) is 0 Å². The summed E-state index contributed by atoms with van der Waals surface area (Å²) >= 11 is 0. The van der Waals surface area contributed by atoms with E-state index in [4.69, 9.17) is 10.2 Å². The second kappa shape index (κ2) is 14.8. The van der Waals surface area contributed by atoms with Crippen LogP contribution in [-0.2, 0) is 4.79 Å². The lowest BCUT2D eigenvalue weighted by Gasteiger charge is -2.07. The van der Waals surface area contributed by atoms with Crippen LogP contribution < -0.4 is 0 Å². The van der Waals surface area contributed by atoms with Gasteiger partial charge in [0.1, 0.15) is 0 Å². The van der Waals surface area contributed by atoms with Crippen molar-refractivity contribution < 1.29 is 15.0 Å². The highest BCUT2D eigenvalue weighted by molar-refractivity contribution is 5.66. The molecule has 20 heavy (non-hydrogen) atoms. The molecule has 120 valence electrons. The average Bonchev–Trinajstić information content (AvgIpc) is 2.39. The van der Waals surface area contributed by atoms with Gasteiger partial charge in [-0.25, -0.2) is 0 Å². The molecule has 0 aliphatic heterocycles. The van der Waals surface area contributed by atoms with E-state index in [2.05, 4.69) is 0 Å². The summed E-state index contributed by atoms with van der Waals surface area (Å²) in [4.78, 5) is 10.5. The third-order valence-electron chi connectivity index (χ3n) is 3.88. The summed E-state index contributed by atoms with van der Waals surface area (Å²) in [5, 5.41) is 17.3. The zero-order valence-corrected chi connectivity index (χ0v) is 13.3. The number of hydrogen-bond acceptors (Lipinski definition) is 2. The summed E-state index contributed by atoms with van der Waals surface area (Å²) in [5.74, 6) is -0.345. The number of aliphatic hydroxyl groups is 1.